The van der Waals surface area contributed by atoms with Crippen molar-refractivity contribution in [3.8, 4) is 0 Å². The summed E-state index contributed by atoms with van der Waals surface area (Å²) in [6.45, 7) is 0.746. The third kappa shape index (κ3) is 3.60. The van der Waals surface area contributed by atoms with Crippen molar-refractivity contribution in [2.24, 2.45) is 0 Å². The molecule has 1 unspecified atom stereocenters. The number of halogens is 1. The second kappa shape index (κ2) is 8.03. The van der Waals surface area contributed by atoms with E-state index in [1.807, 2.05) is 54.6 Å². The SMILES string of the molecule is COC(=O)C(c1ccc(Br)cc1)c1cn(Cc2ccccc2)c2ccccc12. The molecule has 4 aromatic rings. The van der Waals surface area contributed by atoms with Crippen molar-refractivity contribution in [3.63, 3.8) is 0 Å². The van der Waals surface area contributed by atoms with Crippen LogP contribution in [0.2, 0.25) is 0 Å². The fraction of sp³-hybridized carbons (Fsp3) is 0.125. The summed E-state index contributed by atoms with van der Waals surface area (Å²) in [5.41, 5.74) is 4.19. The lowest BCUT2D eigenvalue weighted by atomic mass is 9.91. The van der Waals surface area contributed by atoms with Gasteiger partial charge in [-0.1, -0.05) is 76.6 Å². The van der Waals surface area contributed by atoms with Gasteiger partial charge in [-0.15, -0.1) is 0 Å². The average Bonchev–Trinajstić information content (AvgIpc) is 3.08. The van der Waals surface area contributed by atoms with Crippen LogP contribution in [0.3, 0.4) is 0 Å². The average molecular weight is 434 g/mol. The third-order valence-corrected chi connectivity index (χ3v) is 5.50. The maximum absolute atomic E-state index is 12.8. The molecule has 0 N–H and O–H groups in total. The summed E-state index contributed by atoms with van der Waals surface area (Å²) >= 11 is 3.47. The number of benzene rings is 3. The molecule has 1 aromatic heterocycles. The molecule has 0 fully saturated rings. The van der Waals surface area contributed by atoms with Gasteiger partial charge in [0.05, 0.1) is 7.11 Å². The predicted octanol–water partition coefficient (Wildman–Crippen LogP) is 5.76. The van der Waals surface area contributed by atoms with E-state index in [0.29, 0.717) is 0 Å². The molecule has 0 aliphatic rings. The molecule has 0 saturated heterocycles. The van der Waals surface area contributed by atoms with Gasteiger partial charge in [-0.3, -0.25) is 4.79 Å². The highest BCUT2D eigenvalue weighted by Crippen LogP contribution is 2.34. The largest absolute Gasteiger partial charge is 0.468 e. The number of esters is 1. The van der Waals surface area contributed by atoms with Crippen LogP contribution in [0.4, 0.5) is 0 Å². The summed E-state index contributed by atoms with van der Waals surface area (Å²) in [6, 6.07) is 26.4. The van der Waals surface area contributed by atoms with Gasteiger partial charge in [-0.05, 0) is 34.9 Å². The molecule has 1 atom stereocenters. The summed E-state index contributed by atoms with van der Waals surface area (Å²) in [7, 11) is 1.44. The van der Waals surface area contributed by atoms with E-state index < -0.39 is 5.92 Å². The van der Waals surface area contributed by atoms with Gasteiger partial charge in [-0.2, -0.15) is 0 Å². The van der Waals surface area contributed by atoms with Crippen LogP contribution < -0.4 is 0 Å². The van der Waals surface area contributed by atoms with Crippen molar-refractivity contribution in [1.29, 1.82) is 0 Å². The lowest BCUT2D eigenvalue weighted by Gasteiger charge is -2.15. The van der Waals surface area contributed by atoms with E-state index in [1.165, 1.54) is 12.7 Å². The molecule has 1 heterocycles. The minimum absolute atomic E-state index is 0.259. The Morgan fingerprint density at radius 1 is 0.964 bits per heavy atom. The van der Waals surface area contributed by atoms with Gasteiger partial charge in [0, 0.05) is 28.1 Å². The van der Waals surface area contributed by atoms with Gasteiger partial charge in [0.25, 0.3) is 0 Å². The van der Waals surface area contributed by atoms with Crippen molar-refractivity contribution in [1.82, 2.24) is 4.57 Å². The van der Waals surface area contributed by atoms with E-state index in [9.17, 15) is 4.79 Å². The first-order valence-corrected chi connectivity index (χ1v) is 9.91. The minimum Gasteiger partial charge on any atom is -0.468 e. The first-order valence-electron chi connectivity index (χ1n) is 9.12. The molecule has 0 bridgehead atoms. The van der Waals surface area contributed by atoms with Crippen molar-refractivity contribution >= 4 is 32.8 Å². The second-order valence-corrected chi connectivity index (χ2v) is 7.64. The quantitative estimate of drug-likeness (QED) is 0.374. The van der Waals surface area contributed by atoms with E-state index in [1.54, 1.807) is 0 Å². The number of carbonyl (C=O) groups is 1. The molecule has 0 amide bonds. The zero-order chi connectivity index (χ0) is 19.5. The Labute approximate surface area is 172 Å². The van der Waals surface area contributed by atoms with Crippen molar-refractivity contribution in [2.75, 3.05) is 7.11 Å². The van der Waals surface area contributed by atoms with Gasteiger partial charge >= 0.3 is 5.97 Å². The molecule has 4 rings (SSSR count). The van der Waals surface area contributed by atoms with Crippen LogP contribution in [0.5, 0.6) is 0 Å². The molecule has 4 heteroatoms. The van der Waals surface area contributed by atoms with Crippen molar-refractivity contribution in [3.05, 3.63) is 106 Å². The number of nitrogens with zero attached hydrogens (tertiary/aromatic N) is 1. The zero-order valence-electron chi connectivity index (χ0n) is 15.5. The zero-order valence-corrected chi connectivity index (χ0v) is 17.1. The highest BCUT2D eigenvalue weighted by atomic mass is 79.9. The number of ether oxygens (including phenoxy) is 1. The second-order valence-electron chi connectivity index (χ2n) is 6.72. The maximum atomic E-state index is 12.8. The molecule has 28 heavy (non-hydrogen) atoms. The standard InChI is InChI=1S/C24H20BrNO2/c1-28-24(27)23(18-11-13-19(25)14-12-18)21-16-26(15-17-7-3-2-4-8-17)22-10-6-5-9-20(21)22/h2-14,16,23H,15H2,1H3. The number of hydrogen-bond acceptors (Lipinski definition) is 2. The van der Waals surface area contributed by atoms with E-state index in [-0.39, 0.29) is 5.97 Å². The van der Waals surface area contributed by atoms with Crippen LogP contribution in [-0.2, 0) is 16.1 Å². The van der Waals surface area contributed by atoms with Crippen molar-refractivity contribution < 1.29 is 9.53 Å². The molecule has 0 radical (unpaired) electrons. The van der Waals surface area contributed by atoms with Crippen LogP contribution in [-0.4, -0.2) is 17.6 Å². The molecular formula is C24H20BrNO2. The van der Waals surface area contributed by atoms with Crippen LogP contribution in [0, 0.1) is 0 Å². The fourth-order valence-electron chi connectivity index (χ4n) is 3.63. The van der Waals surface area contributed by atoms with Crippen LogP contribution in [0.25, 0.3) is 10.9 Å². The van der Waals surface area contributed by atoms with Gasteiger partial charge in [0.2, 0.25) is 0 Å². The monoisotopic (exact) mass is 433 g/mol. The summed E-state index contributed by atoms with van der Waals surface area (Å²) in [4.78, 5) is 12.8. The van der Waals surface area contributed by atoms with Gasteiger partial charge in [-0.25, -0.2) is 0 Å². The number of fused-ring (bicyclic) bond motifs is 1. The Morgan fingerprint density at radius 3 is 2.36 bits per heavy atom. The van der Waals surface area contributed by atoms with E-state index in [2.05, 4.69) is 51.0 Å². The summed E-state index contributed by atoms with van der Waals surface area (Å²) in [6.07, 6.45) is 2.08. The van der Waals surface area contributed by atoms with Gasteiger partial charge in [0.15, 0.2) is 0 Å². The third-order valence-electron chi connectivity index (χ3n) is 4.97. The van der Waals surface area contributed by atoms with Gasteiger partial charge in [0.1, 0.15) is 5.92 Å². The minimum atomic E-state index is -0.472. The van der Waals surface area contributed by atoms with E-state index in [4.69, 9.17) is 4.74 Å². The fourth-order valence-corrected chi connectivity index (χ4v) is 3.90. The Bertz CT molecular complexity index is 1100. The Kier molecular flexibility index (Phi) is 5.31. The van der Waals surface area contributed by atoms with E-state index in [0.717, 1.165) is 33.0 Å². The van der Waals surface area contributed by atoms with Crippen LogP contribution >= 0.6 is 15.9 Å². The van der Waals surface area contributed by atoms with Crippen LogP contribution in [0.15, 0.2) is 89.5 Å². The molecule has 140 valence electrons. The number of rotatable bonds is 5. The van der Waals surface area contributed by atoms with Crippen molar-refractivity contribution in [2.45, 2.75) is 12.5 Å². The highest BCUT2D eigenvalue weighted by Gasteiger charge is 2.27. The lowest BCUT2D eigenvalue weighted by molar-refractivity contribution is -0.141. The lowest BCUT2D eigenvalue weighted by Crippen LogP contribution is -2.15. The number of methoxy groups -OCH3 is 1. The number of carbonyl (C=O) groups excluding carboxylic acids is 1. The summed E-state index contributed by atoms with van der Waals surface area (Å²) < 4.78 is 8.35. The molecule has 0 aliphatic carbocycles. The first-order chi connectivity index (χ1) is 13.7. The van der Waals surface area contributed by atoms with E-state index >= 15 is 0 Å². The Morgan fingerprint density at radius 2 is 1.64 bits per heavy atom. The number of hydrogen-bond donors (Lipinski definition) is 0. The smallest absolute Gasteiger partial charge is 0.317 e. The molecule has 0 aliphatic heterocycles. The van der Waals surface area contributed by atoms with Gasteiger partial charge < -0.3 is 9.30 Å². The Balaban J connectivity index is 1.86. The normalized spacial score (nSPS) is 12.1. The molecular weight excluding hydrogens is 414 g/mol. The summed E-state index contributed by atoms with van der Waals surface area (Å²) in [5, 5.41) is 1.07. The number of para-hydroxylation sites is 1. The summed E-state index contributed by atoms with van der Waals surface area (Å²) in [5.74, 6) is -0.732. The maximum Gasteiger partial charge on any atom is 0.317 e. The predicted molar refractivity (Wildman–Crippen MR) is 115 cm³/mol. The topological polar surface area (TPSA) is 31.2 Å². The Hall–Kier alpha value is -2.85. The molecule has 0 saturated carbocycles. The molecule has 3 aromatic carbocycles. The molecule has 0 spiro atoms. The molecule has 3 nitrogen and oxygen atoms in total. The highest BCUT2D eigenvalue weighted by molar-refractivity contribution is 9.10. The number of aromatic nitrogens is 1. The van der Waals surface area contributed by atoms with Crippen LogP contribution in [0.1, 0.15) is 22.6 Å². The first kappa shape index (κ1) is 18.5.